The number of amides is 1. The minimum absolute atomic E-state index is 0.0140. The largest absolute Gasteiger partial charge is 0.467 e. The number of likely N-dealkylation sites (tertiary alicyclic amines) is 1. The van der Waals surface area contributed by atoms with Crippen LogP contribution in [0.25, 0.3) is 0 Å². The summed E-state index contributed by atoms with van der Waals surface area (Å²) in [6, 6.07) is -0.399. The normalized spacial score (nSPS) is 38.2. The zero-order chi connectivity index (χ0) is 12.8. The maximum Gasteiger partial charge on any atom is 0.328 e. The zero-order valence-corrected chi connectivity index (χ0v) is 10.7. The molecule has 0 radical (unpaired) electrons. The van der Waals surface area contributed by atoms with E-state index in [0.717, 1.165) is 32.1 Å². The number of hydrogen-bond donors (Lipinski definition) is 0. The predicted molar refractivity (Wildman–Crippen MR) is 62.8 cm³/mol. The molecule has 1 amide bonds. The number of nitrogens with zero attached hydrogens (tertiary/aromatic N) is 1. The molecule has 3 fully saturated rings. The van der Waals surface area contributed by atoms with Crippen molar-refractivity contribution < 1.29 is 19.1 Å². The predicted octanol–water partition coefficient (Wildman–Crippen LogP) is 0.862. The maximum absolute atomic E-state index is 12.6. The van der Waals surface area contributed by atoms with Gasteiger partial charge >= 0.3 is 5.97 Å². The fraction of sp³-hybridized carbons (Fsp3) is 0.846. The van der Waals surface area contributed by atoms with Crippen molar-refractivity contribution >= 4 is 11.9 Å². The Hall–Kier alpha value is -1.10. The second kappa shape index (κ2) is 4.23. The third-order valence-corrected chi connectivity index (χ3v) is 4.43. The highest BCUT2D eigenvalue weighted by atomic mass is 16.6. The van der Waals surface area contributed by atoms with Gasteiger partial charge < -0.3 is 14.4 Å². The van der Waals surface area contributed by atoms with Gasteiger partial charge in [-0.05, 0) is 32.1 Å². The van der Waals surface area contributed by atoms with E-state index in [1.54, 1.807) is 4.90 Å². The van der Waals surface area contributed by atoms with E-state index in [2.05, 4.69) is 0 Å². The highest BCUT2D eigenvalue weighted by molar-refractivity contribution is 5.92. The number of fused-ring (bicyclic) bond motifs is 1. The number of epoxide rings is 1. The molecule has 0 aromatic rings. The Balaban J connectivity index is 1.74. The first-order valence-corrected chi connectivity index (χ1v) is 6.76. The molecule has 1 aliphatic carbocycles. The van der Waals surface area contributed by atoms with Gasteiger partial charge in [-0.15, -0.1) is 0 Å². The van der Waals surface area contributed by atoms with Gasteiger partial charge in [-0.25, -0.2) is 4.79 Å². The SMILES string of the molecule is COC(=O)C1CCCN1C(=O)C12CCCCC1O2. The van der Waals surface area contributed by atoms with E-state index in [0.29, 0.717) is 13.0 Å². The maximum atomic E-state index is 12.6. The Morgan fingerprint density at radius 1 is 1.28 bits per heavy atom. The molecule has 0 aromatic heterocycles. The second-order valence-corrected chi connectivity index (χ2v) is 5.42. The minimum atomic E-state index is -0.588. The molecule has 0 spiro atoms. The summed E-state index contributed by atoms with van der Waals surface area (Å²) in [4.78, 5) is 25.9. The van der Waals surface area contributed by atoms with Crippen LogP contribution in [0.3, 0.4) is 0 Å². The van der Waals surface area contributed by atoms with Gasteiger partial charge in [0.1, 0.15) is 6.04 Å². The molecule has 3 aliphatic rings. The fourth-order valence-corrected chi connectivity index (χ4v) is 3.38. The van der Waals surface area contributed by atoms with Gasteiger partial charge in [0.2, 0.25) is 0 Å². The summed E-state index contributed by atoms with van der Waals surface area (Å²) in [5.41, 5.74) is -0.588. The van der Waals surface area contributed by atoms with Crippen molar-refractivity contribution in [3.63, 3.8) is 0 Å². The molecule has 2 aliphatic heterocycles. The molecule has 5 nitrogen and oxygen atoms in total. The van der Waals surface area contributed by atoms with Gasteiger partial charge in [0.15, 0.2) is 5.60 Å². The Labute approximate surface area is 106 Å². The lowest BCUT2D eigenvalue weighted by Crippen LogP contribution is -2.48. The average Bonchev–Trinajstić information content (AvgIpc) is 2.96. The number of carbonyl (C=O) groups excluding carboxylic acids is 2. The van der Waals surface area contributed by atoms with Gasteiger partial charge in [0, 0.05) is 6.54 Å². The van der Waals surface area contributed by atoms with Crippen molar-refractivity contribution in [2.24, 2.45) is 0 Å². The Bertz CT molecular complexity index is 383. The topological polar surface area (TPSA) is 59.1 Å². The molecule has 1 saturated carbocycles. The first-order chi connectivity index (χ1) is 8.69. The van der Waals surface area contributed by atoms with Crippen LogP contribution in [0.4, 0.5) is 0 Å². The lowest BCUT2D eigenvalue weighted by molar-refractivity contribution is -0.153. The van der Waals surface area contributed by atoms with E-state index in [1.807, 2.05) is 0 Å². The number of hydrogen-bond acceptors (Lipinski definition) is 4. The lowest BCUT2D eigenvalue weighted by Gasteiger charge is -2.27. The van der Waals surface area contributed by atoms with E-state index in [-0.39, 0.29) is 18.0 Å². The molecule has 100 valence electrons. The average molecular weight is 253 g/mol. The molecule has 0 aromatic carbocycles. The van der Waals surface area contributed by atoms with Crippen molar-refractivity contribution in [3.8, 4) is 0 Å². The second-order valence-electron chi connectivity index (χ2n) is 5.42. The van der Waals surface area contributed by atoms with Crippen molar-refractivity contribution in [3.05, 3.63) is 0 Å². The summed E-state index contributed by atoms with van der Waals surface area (Å²) in [5, 5.41) is 0. The third kappa shape index (κ3) is 1.64. The number of esters is 1. The van der Waals surface area contributed by atoms with Crippen LogP contribution in [0.15, 0.2) is 0 Å². The monoisotopic (exact) mass is 253 g/mol. The van der Waals surface area contributed by atoms with Gasteiger partial charge in [-0.1, -0.05) is 6.42 Å². The number of rotatable bonds is 2. The summed E-state index contributed by atoms with van der Waals surface area (Å²) in [5.74, 6) is -0.287. The first kappa shape index (κ1) is 12.0. The molecule has 2 heterocycles. The summed E-state index contributed by atoms with van der Waals surface area (Å²) in [6.45, 7) is 0.649. The van der Waals surface area contributed by atoms with Crippen molar-refractivity contribution in [2.45, 2.75) is 56.3 Å². The van der Waals surface area contributed by atoms with Crippen LogP contribution in [-0.4, -0.2) is 48.2 Å². The Kier molecular flexibility index (Phi) is 2.81. The van der Waals surface area contributed by atoms with Crippen LogP contribution in [0.1, 0.15) is 38.5 Å². The molecule has 0 bridgehead atoms. The number of ether oxygens (including phenoxy) is 2. The van der Waals surface area contributed by atoms with Gasteiger partial charge in [-0.2, -0.15) is 0 Å². The Morgan fingerprint density at radius 3 is 2.83 bits per heavy atom. The van der Waals surface area contributed by atoms with E-state index in [1.165, 1.54) is 7.11 Å². The van der Waals surface area contributed by atoms with Gasteiger partial charge in [-0.3, -0.25) is 4.79 Å². The number of methoxy groups -OCH3 is 1. The van der Waals surface area contributed by atoms with Crippen LogP contribution in [-0.2, 0) is 19.1 Å². The molecular formula is C13H19NO4. The molecule has 0 N–H and O–H groups in total. The molecule has 18 heavy (non-hydrogen) atoms. The van der Waals surface area contributed by atoms with E-state index < -0.39 is 11.6 Å². The Morgan fingerprint density at radius 2 is 2.11 bits per heavy atom. The van der Waals surface area contributed by atoms with E-state index in [4.69, 9.17) is 9.47 Å². The molecular weight excluding hydrogens is 234 g/mol. The smallest absolute Gasteiger partial charge is 0.328 e. The van der Waals surface area contributed by atoms with Crippen LogP contribution >= 0.6 is 0 Å². The highest BCUT2D eigenvalue weighted by Gasteiger charge is 2.64. The molecule has 3 atom stereocenters. The zero-order valence-electron chi connectivity index (χ0n) is 10.7. The lowest BCUT2D eigenvalue weighted by atomic mass is 9.88. The summed E-state index contributed by atoms with van der Waals surface area (Å²) in [7, 11) is 1.37. The van der Waals surface area contributed by atoms with Gasteiger partial charge in [0.25, 0.3) is 5.91 Å². The van der Waals surface area contributed by atoms with Crippen LogP contribution in [0.2, 0.25) is 0 Å². The van der Waals surface area contributed by atoms with Crippen molar-refractivity contribution in [1.82, 2.24) is 4.90 Å². The quantitative estimate of drug-likeness (QED) is 0.541. The highest BCUT2D eigenvalue weighted by Crippen LogP contribution is 2.49. The van der Waals surface area contributed by atoms with Crippen LogP contribution < -0.4 is 0 Å². The minimum Gasteiger partial charge on any atom is -0.467 e. The third-order valence-electron chi connectivity index (χ3n) is 4.43. The first-order valence-electron chi connectivity index (χ1n) is 6.76. The number of carbonyl (C=O) groups is 2. The van der Waals surface area contributed by atoms with Crippen LogP contribution in [0.5, 0.6) is 0 Å². The summed E-state index contributed by atoms with van der Waals surface area (Å²) >= 11 is 0. The molecule has 5 heteroatoms. The van der Waals surface area contributed by atoms with Gasteiger partial charge in [0.05, 0.1) is 13.2 Å². The van der Waals surface area contributed by atoms with Crippen LogP contribution in [0, 0.1) is 0 Å². The summed E-state index contributed by atoms with van der Waals surface area (Å²) < 4.78 is 10.4. The van der Waals surface area contributed by atoms with Crippen molar-refractivity contribution in [1.29, 1.82) is 0 Å². The molecule has 3 rings (SSSR count). The van der Waals surface area contributed by atoms with E-state index in [9.17, 15) is 9.59 Å². The fourth-order valence-electron chi connectivity index (χ4n) is 3.38. The van der Waals surface area contributed by atoms with Crippen molar-refractivity contribution in [2.75, 3.05) is 13.7 Å². The standard InChI is InChI=1S/C13H19NO4/c1-17-11(15)9-5-4-8-14(9)12(16)13-7-3-2-6-10(13)18-13/h9-10H,2-8H2,1H3. The van der Waals surface area contributed by atoms with E-state index >= 15 is 0 Å². The molecule has 2 saturated heterocycles. The molecule has 3 unspecified atom stereocenters. The summed E-state index contributed by atoms with van der Waals surface area (Å²) in [6.07, 6.45) is 5.63.